The Labute approximate surface area is 114 Å². The second-order valence-electron chi connectivity index (χ2n) is 3.77. The summed E-state index contributed by atoms with van der Waals surface area (Å²) >= 11 is 0. The van der Waals surface area contributed by atoms with Gasteiger partial charge in [-0.2, -0.15) is 0 Å². The third-order valence-electron chi connectivity index (χ3n) is 1.85. The maximum absolute atomic E-state index is 10.6. The number of aliphatic hydroxyl groups excluding tert-OH is 1. The predicted octanol–water partition coefficient (Wildman–Crippen LogP) is 2.35. The molecule has 1 N–H and O–H groups in total. The fourth-order valence-corrected chi connectivity index (χ4v) is 0.684. The summed E-state index contributed by atoms with van der Waals surface area (Å²) in [5.74, 6) is -0.877. The first-order chi connectivity index (χ1) is 8.88. The maximum Gasteiger partial charge on any atom is 0.335 e. The third-order valence-corrected chi connectivity index (χ3v) is 1.85. The molecule has 5 nitrogen and oxygen atoms in total. The van der Waals surface area contributed by atoms with Gasteiger partial charge in [0.15, 0.2) is 0 Å². The van der Waals surface area contributed by atoms with E-state index in [9.17, 15) is 9.59 Å². The van der Waals surface area contributed by atoms with Crippen LogP contribution < -0.4 is 0 Å². The van der Waals surface area contributed by atoms with Gasteiger partial charge in [0.2, 0.25) is 6.29 Å². The Bertz CT molecular complexity index is 296. The van der Waals surface area contributed by atoms with Crippen LogP contribution in [0.1, 0.15) is 40.0 Å². The molecule has 0 bridgehead atoms. The van der Waals surface area contributed by atoms with Crippen LogP contribution >= 0.6 is 0 Å². The second kappa shape index (κ2) is 12.8. The molecule has 0 heterocycles. The van der Waals surface area contributed by atoms with Gasteiger partial charge in [-0.25, -0.2) is 9.59 Å². The average Bonchev–Trinajstić information content (AvgIpc) is 2.39. The fourth-order valence-electron chi connectivity index (χ4n) is 0.684. The van der Waals surface area contributed by atoms with Crippen molar-refractivity contribution in [1.29, 1.82) is 0 Å². The lowest BCUT2D eigenvalue weighted by atomic mass is 10.3. The molecular weight excluding hydrogens is 248 g/mol. The zero-order valence-corrected chi connectivity index (χ0v) is 12.0. The maximum atomic E-state index is 10.6. The molecule has 0 aliphatic heterocycles. The van der Waals surface area contributed by atoms with Crippen molar-refractivity contribution in [2.45, 2.75) is 46.3 Å². The fraction of sp³-hybridized carbons (Fsp3) is 0.571. The lowest BCUT2D eigenvalue weighted by Gasteiger charge is -2.08. The molecule has 0 spiro atoms. The molecule has 19 heavy (non-hydrogen) atoms. The molecular formula is C14H24O5. The number of unbranched alkanes of at least 4 members (excludes halogenated alkanes) is 1. The van der Waals surface area contributed by atoms with Crippen molar-refractivity contribution < 1.29 is 24.2 Å². The standard InChI is InChI=1S/C7H12O3.C7H12O2/c1-4-6(8)10-7(9)5(2)3;1-3-5-6-9-7(8)4-2/h6,8H,2,4H2,1,3H3;4H,2-3,5-6H2,1H3. The number of esters is 2. The first-order valence-electron chi connectivity index (χ1n) is 6.22. The molecule has 0 rings (SSSR count). The highest BCUT2D eigenvalue weighted by molar-refractivity contribution is 5.86. The Morgan fingerprint density at radius 3 is 2.32 bits per heavy atom. The van der Waals surface area contributed by atoms with Crippen molar-refractivity contribution in [2.75, 3.05) is 6.61 Å². The lowest BCUT2D eigenvalue weighted by Crippen LogP contribution is -2.16. The molecule has 0 aliphatic carbocycles. The predicted molar refractivity (Wildman–Crippen MR) is 73.3 cm³/mol. The molecule has 1 atom stereocenters. The number of rotatable bonds is 7. The number of hydrogen-bond donors (Lipinski definition) is 1. The minimum absolute atomic E-state index is 0.299. The van der Waals surface area contributed by atoms with Crippen LogP contribution in [-0.4, -0.2) is 29.9 Å². The van der Waals surface area contributed by atoms with E-state index in [-0.39, 0.29) is 5.97 Å². The van der Waals surface area contributed by atoms with E-state index in [1.54, 1.807) is 6.92 Å². The Morgan fingerprint density at radius 1 is 1.37 bits per heavy atom. The zero-order valence-electron chi connectivity index (χ0n) is 12.0. The molecule has 0 aromatic carbocycles. The number of ether oxygens (including phenoxy) is 2. The van der Waals surface area contributed by atoms with Gasteiger partial charge in [-0.15, -0.1) is 0 Å². The van der Waals surface area contributed by atoms with Crippen LogP contribution in [0.15, 0.2) is 24.8 Å². The third kappa shape index (κ3) is 14.3. The highest BCUT2D eigenvalue weighted by Gasteiger charge is 2.08. The summed E-state index contributed by atoms with van der Waals surface area (Å²) in [6.45, 7) is 12.4. The van der Waals surface area contributed by atoms with Crippen molar-refractivity contribution in [1.82, 2.24) is 0 Å². The van der Waals surface area contributed by atoms with Crippen molar-refractivity contribution in [2.24, 2.45) is 0 Å². The minimum Gasteiger partial charge on any atom is -0.463 e. The van der Waals surface area contributed by atoms with E-state index in [4.69, 9.17) is 5.11 Å². The molecule has 0 aromatic rings. The van der Waals surface area contributed by atoms with Crippen LogP contribution in [0.3, 0.4) is 0 Å². The van der Waals surface area contributed by atoms with Crippen LogP contribution in [0.4, 0.5) is 0 Å². The summed E-state index contributed by atoms with van der Waals surface area (Å²) in [5.41, 5.74) is 0.299. The van der Waals surface area contributed by atoms with E-state index in [0.717, 1.165) is 12.8 Å². The molecule has 0 amide bonds. The summed E-state index contributed by atoms with van der Waals surface area (Å²) in [6, 6.07) is 0. The van der Waals surface area contributed by atoms with Gasteiger partial charge in [0.1, 0.15) is 0 Å². The first-order valence-corrected chi connectivity index (χ1v) is 6.22. The van der Waals surface area contributed by atoms with Crippen molar-refractivity contribution in [3.63, 3.8) is 0 Å². The van der Waals surface area contributed by atoms with Crippen molar-refractivity contribution in [3.8, 4) is 0 Å². The van der Waals surface area contributed by atoms with Gasteiger partial charge in [-0.3, -0.25) is 0 Å². The van der Waals surface area contributed by atoms with Gasteiger partial charge in [-0.05, 0) is 13.3 Å². The second-order valence-corrected chi connectivity index (χ2v) is 3.77. The number of hydrogen-bond acceptors (Lipinski definition) is 5. The van der Waals surface area contributed by atoms with Crippen LogP contribution in [0.2, 0.25) is 0 Å². The quantitative estimate of drug-likeness (QED) is 0.333. The van der Waals surface area contributed by atoms with Crippen LogP contribution in [-0.2, 0) is 19.1 Å². The van der Waals surface area contributed by atoms with Gasteiger partial charge in [0.05, 0.1) is 6.61 Å². The molecule has 0 saturated carbocycles. The molecule has 5 heteroatoms. The van der Waals surface area contributed by atoms with E-state index >= 15 is 0 Å². The molecule has 0 fully saturated rings. The van der Waals surface area contributed by atoms with Gasteiger partial charge < -0.3 is 14.6 Å². The van der Waals surface area contributed by atoms with Gasteiger partial charge >= 0.3 is 11.9 Å². The Balaban J connectivity index is 0. The van der Waals surface area contributed by atoms with Crippen LogP contribution in [0.25, 0.3) is 0 Å². The van der Waals surface area contributed by atoms with Crippen LogP contribution in [0, 0.1) is 0 Å². The number of aliphatic hydroxyl groups is 1. The summed E-state index contributed by atoms with van der Waals surface area (Å²) in [7, 11) is 0. The summed E-state index contributed by atoms with van der Waals surface area (Å²) < 4.78 is 9.15. The Kier molecular flexibility index (Phi) is 13.3. The molecule has 1 unspecified atom stereocenters. The molecule has 0 aliphatic rings. The van der Waals surface area contributed by atoms with Crippen LogP contribution in [0.5, 0.6) is 0 Å². The summed E-state index contributed by atoms with van der Waals surface area (Å²) in [5, 5.41) is 8.79. The number of carbonyl (C=O) groups is 2. The van der Waals surface area contributed by atoms with Gasteiger partial charge in [0.25, 0.3) is 0 Å². The zero-order chi connectivity index (χ0) is 15.3. The van der Waals surface area contributed by atoms with E-state index in [1.807, 2.05) is 6.92 Å². The SMILES string of the molecule is C=C(C)C(=O)OC(O)CC.C=CC(=O)OCCCC. The Morgan fingerprint density at radius 2 is 1.95 bits per heavy atom. The topological polar surface area (TPSA) is 72.8 Å². The average molecular weight is 272 g/mol. The van der Waals surface area contributed by atoms with E-state index in [1.165, 1.54) is 13.0 Å². The first kappa shape index (κ1) is 19.7. The van der Waals surface area contributed by atoms with Crippen molar-refractivity contribution >= 4 is 11.9 Å². The summed E-state index contributed by atoms with van der Waals surface area (Å²) in [6.07, 6.45) is 2.56. The largest absolute Gasteiger partial charge is 0.463 e. The molecule has 0 aromatic heterocycles. The highest BCUT2D eigenvalue weighted by Crippen LogP contribution is 1.98. The minimum atomic E-state index is -0.996. The van der Waals surface area contributed by atoms with Crippen molar-refractivity contribution in [3.05, 3.63) is 24.8 Å². The van der Waals surface area contributed by atoms with Gasteiger partial charge in [-0.1, -0.05) is 33.4 Å². The number of carbonyl (C=O) groups excluding carboxylic acids is 2. The monoisotopic (exact) mass is 272 g/mol. The van der Waals surface area contributed by atoms with E-state index in [2.05, 4.69) is 22.6 Å². The normalized spacial score (nSPS) is 10.5. The lowest BCUT2D eigenvalue weighted by molar-refractivity contribution is -0.163. The highest BCUT2D eigenvalue weighted by atomic mass is 16.6. The summed E-state index contributed by atoms with van der Waals surface area (Å²) in [4.78, 5) is 21.0. The Hall–Kier alpha value is -1.62. The smallest absolute Gasteiger partial charge is 0.335 e. The molecule has 0 radical (unpaired) electrons. The van der Waals surface area contributed by atoms with Gasteiger partial charge in [0, 0.05) is 18.1 Å². The molecule has 110 valence electrons. The van der Waals surface area contributed by atoms with E-state index < -0.39 is 12.3 Å². The molecule has 0 saturated heterocycles. The van der Waals surface area contributed by atoms with E-state index in [0.29, 0.717) is 18.6 Å².